The zero-order valence-electron chi connectivity index (χ0n) is 9.66. The molecule has 0 atom stereocenters. The lowest BCUT2D eigenvalue weighted by molar-refractivity contribution is 0.530. The third kappa shape index (κ3) is 2.42. The van der Waals surface area contributed by atoms with Crippen molar-refractivity contribution < 1.29 is 4.42 Å². The Bertz CT molecular complexity index is 445. The summed E-state index contributed by atoms with van der Waals surface area (Å²) < 4.78 is 5.47. The summed E-state index contributed by atoms with van der Waals surface area (Å²) in [6.07, 6.45) is 3.63. The van der Waals surface area contributed by atoms with Crippen molar-refractivity contribution in [2.75, 3.05) is 12.4 Å². The highest BCUT2D eigenvalue weighted by atomic mass is 16.4. The molecule has 0 saturated carbocycles. The minimum atomic E-state index is 0.570. The number of aromatic nitrogens is 1. The Morgan fingerprint density at radius 1 is 1.19 bits per heavy atom. The van der Waals surface area contributed by atoms with Gasteiger partial charge in [0, 0.05) is 13.5 Å². The van der Waals surface area contributed by atoms with Gasteiger partial charge in [-0.1, -0.05) is 31.2 Å². The summed E-state index contributed by atoms with van der Waals surface area (Å²) in [5, 5.41) is 2.87. The molecule has 0 spiro atoms. The maximum Gasteiger partial charge on any atom is 0.294 e. The highest BCUT2D eigenvalue weighted by Crippen LogP contribution is 2.14. The smallest absolute Gasteiger partial charge is 0.294 e. The van der Waals surface area contributed by atoms with Crippen molar-refractivity contribution in [2.45, 2.75) is 19.8 Å². The van der Waals surface area contributed by atoms with Gasteiger partial charge in [-0.2, -0.15) is 0 Å². The van der Waals surface area contributed by atoms with Crippen LogP contribution in [-0.4, -0.2) is 12.0 Å². The van der Waals surface area contributed by atoms with Crippen molar-refractivity contribution in [3.8, 4) is 0 Å². The predicted octanol–water partition coefficient (Wildman–Crippen LogP) is 2.87. The summed E-state index contributed by atoms with van der Waals surface area (Å²) in [7, 11) is 1.80. The van der Waals surface area contributed by atoms with E-state index in [-0.39, 0.29) is 0 Å². The van der Waals surface area contributed by atoms with Gasteiger partial charge in [0.1, 0.15) is 5.76 Å². The zero-order chi connectivity index (χ0) is 11.4. The summed E-state index contributed by atoms with van der Waals surface area (Å²) in [4.78, 5) is 4.09. The molecule has 1 aromatic carbocycles. The predicted molar refractivity (Wildman–Crippen MR) is 64.7 cm³/mol. The van der Waals surface area contributed by atoms with Gasteiger partial charge in [0.25, 0.3) is 6.01 Å². The summed E-state index contributed by atoms with van der Waals surface area (Å²) in [5.74, 6) is 0.883. The fourth-order valence-corrected chi connectivity index (χ4v) is 1.60. The molecule has 0 bridgehead atoms. The first-order valence-corrected chi connectivity index (χ1v) is 5.52. The highest BCUT2D eigenvalue weighted by Gasteiger charge is 2.03. The van der Waals surface area contributed by atoms with Crippen LogP contribution in [0.5, 0.6) is 0 Å². The zero-order valence-corrected chi connectivity index (χ0v) is 9.66. The Balaban J connectivity index is 2.08. The monoisotopic (exact) mass is 216 g/mol. The van der Waals surface area contributed by atoms with Gasteiger partial charge in [0.15, 0.2) is 0 Å². The minimum Gasteiger partial charge on any atom is -0.428 e. The molecule has 1 aromatic heterocycles. The highest BCUT2D eigenvalue weighted by molar-refractivity contribution is 5.27. The maximum absolute atomic E-state index is 5.47. The molecule has 1 N–H and O–H groups in total. The molecule has 0 aliphatic rings. The Kier molecular flexibility index (Phi) is 3.25. The van der Waals surface area contributed by atoms with Crippen LogP contribution in [0.2, 0.25) is 0 Å². The van der Waals surface area contributed by atoms with Crippen molar-refractivity contribution in [3.05, 3.63) is 47.3 Å². The molecule has 0 fully saturated rings. The number of oxazole rings is 1. The van der Waals surface area contributed by atoms with Crippen molar-refractivity contribution in [1.82, 2.24) is 4.98 Å². The van der Waals surface area contributed by atoms with Crippen LogP contribution >= 0.6 is 0 Å². The van der Waals surface area contributed by atoms with Gasteiger partial charge in [0.05, 0.1) is 6.20 Å². The molecule has 84 valence electrons. The average Bonchev–Trinajstić information content (AvgIpc) is 2.78. The molecule has 3 heteroatoms. The van der Waals surface area contributed by atoms with E-state index in [1.165, 1.54) is 11.1 Å². The van der Waals surface area contributed by atoms with Gasteiger partial charge in [-0.05, 0) is 17.5 Å². The molecule has 3 nitrogen and oxygen atoms in total. The number of hydrogen-bond donors (Lipinski definition) is 1. The Labute approximate surface area is 95.5 Å². The van der Waals surface area contributed by atoms with Gasteiger partial charge in [-0.3, -0.25) is 0 Å². The number of aryl methyl sites for hydroxylation is 1. The van der Waals surface area contributed by atoms with E-state index in [0.29, 0.717) is 6.01 Å². The summed E-state index contributed by atoms with van der Waals surface area (Å²) in [6.45, 7) is 2.16. The quantitative estimate of drug-likeness (QED) is 0.854. The van der Waals surface area contributed by atoms with E-state index >= 15 is 0 Å². The molecule has 0 radical (unpaired) electrons. The maximum atomic E-state index is 5.47. The molecule has 0 saturated heterocycles. The first kappa shape index (κ1) is 10.7. The molecule has 0 unspecified atom stereocenters. The topological polar surface area (TPSA) is 38.1 Å². The van der Waals surface area contributed by atoms with E-state index in [2.05, 4.69) is 41.5 Å². The van der Waals surface area contributed by atoms with E-state index < -0.39 is 0 Å². The number of hydrogen-bond acceptors (Lipinski definition) is 3. The lowest BCUT2D eigenvalue weighted by Gasteiger charge is -2.00. The third-order valence-electron chi connectivity index (χ3n) is 2.58. The standard InChI is InChI=1S/C13H16N2O/c1-3-10-4-6-11(7-5-10)8-12-9-15-13(14-2)16-12/h4-7,9H,3,8H2,1-2H3,(H,14,15). The van der Waals surface area contributed by atoms with Crippen molar-refractivity contribution in [3.63, 3.8) is 0 Å². The van der Waals surface area contributed by atoms with Crippen LogP contribution in [0, 0.1) is 0 Å². The molecular weight excluding hydrogens is 200 g/mol. The molecule has 0 aliphatic carbocycles. The van der Waals surface area contributed by atoms with Gasteiger partial charge in [-0.15, -0.1) is 0 Å². The summed E-state index contributed by atoms with van der Waals surface area (Å²) in [5.41, 5.74) is 2.60. The molecule has 0 aliphatic heterocycles. The molecule has 0 amide bonds. The van der Waals surface area contributed by atoms with Crippen LogP contribution in [0.1, 0.15) is 23.8 Å². The van der Waals surface area contributed by atoms with E-state index in [1.54, 1.807) is 13.2 Å². The minimum absolute atomic E-state index is 0.570. The lowest BCUT2D eigenvalue weighted by Crippen LogP contribution is -1.87. The van der Waals surface area contributed by atoms with Crippen molar-refractivity contribution in [2.24, 2.45) is 0 Å². The fraction of sp³-hybridized carbons (Fsp3) is 0.308. The molecule has 16 heavy (non-hydrogen) atoms. The number of benzene rings is 1. The van der Waals surface area contributed by atoms with Crippen LogP contribution in [0.3, 0.4) is 0 Å². The number of rotatable bonds is 4. The number of anilines is 1. The third-order valence-corrected chi connectivity index (χ3v) is 2.58. The van der Waals surface area contributed by atoms with Crippen molar-refractivity contribution >= 4 is 6.01 Å². The van der Waals surface area contributed by atoms with Gasteiger partial charge >= 0.3 is 0 Å². The Morgan fingerprint density at radius 2 is 1.88 bits per heavy atom. The number of nitrogens with zero attached hydrogens (tertiary/aromatic N) is 1. The van der Waals surface area contributed by atoms with E-state index in [4.69, 9.17) is 4.42 Å². The van der Waals surface area contributed by atoms with E-state index in [9.17, 15) is 0 Å². The van der Waals surface area contributed by atoms with Gasteiger partial charge < -0.3 is 9.73 Å². The Hall–Kier alpha value is -1.77. The van der Waals surface area contributed by atoms with E-state index in [1.807, 2.05) is 0 Å². The average molecular weight is 216 g/mol. The molecular formula is C13H16N2O. The van der Waals surface area contributed by atoms with Crippen LogP contribution in [0.4, 0.5) is 6.01 Å². The summed E-state index contributed by atoms with van der Waals surface area (Å²) >= 11 is 0. The second-order valence-corrected chi connectivity index (χ2v) is 3.73. The van der Waals surface area contributed by atoms with Crippen LogP contribution < -0.4 is 5.32 Å². The van der Waals surface area contributed by atoms with Crippen LogP contribution in [0.15, 0.2) is 34.9 Å². The second kappa shape index (κ2) is 4.84. The van der Waals surface area contributed by atoms with E-state index in [0.717, 1.165) is 18.6 Å². The van der Waals surface area contributed by atoms with Gasteiger partial charge in [0.2, 0.25) is 0 Å². The fourth-order valence-electron chi connectivity index (χ4n) is 1.60. The SMILES string of the molecule is CCc1ccc(Cc2cnc(NC)o2)cc1. The van der Waals surface area contributed by atoms with Crippen LogP contribution in [0.25, 0.3) is 0 Å². The van der Waals surface area contributed by atoms with Crippen LogP contribution in [-0.2, 0) is 12.8 Å². The first-order chi connectivity index (χ1) is 7.81. The molecule has 2 rings (SSSR count). The van der Waals surface area contributed by atoms with Gasteiger partial charge in [-0.25, -0.2) is 4.98 Å². The Morgan fingerprint density at radius 3 is 2.44 bits per heavy atom. The lowest BCUT2D eigenvalue weighted by atomic mass is 10.1. The second-order valence-electron chi connectivity index (χ2n) is 3.73. The molecule has 1 heterocycles. The molecule has 2 aromatic rings. The largest absolute Gasteiger partial charge is 0.428 e. The normalized spacial score (nSPS) is 10.4. The van der Waals surface area contributed by atoms with Crippen molar-refractivity contribution in [1.29, 1.82) is 0 Å². The summed E-state index contributed by atoms with van der Waals surface area (Å²) in [6, 6.07) is 9.16. The number of nitrogens with one attached hydrogen (secondary N) is 1. The first-order valence-electron chi connectivity index (χ1n) is 5.52.